The van der Waals surface area contributed by atoms with Gasteiger partial charge in [0.15, 0.2) is 0 Å². The van der Waals surface area contributed by atoms with E-state index in [0.29, 0.717) is 17.6 Å². The molecule has 0 aromatic heterocycles. The monoisotopic (exact) mass is 214 g/mol. The van der Waals surface area contributed by atoms with Gasteiger partial charge in [0, 0.05) is 5.92 Å². The minimum Gasteiger partial charge on any atom is -0.298 e. The molecule has 0 radical (unpaired) electrons. The van der Waals surface area contributed by atoms with Crippen molar-refractivity contribution in [1.29, 1.82) is 0 Å². The lowest BCUT2D eigenvalue weighted by Crippen LogP contribution is -2.36. The molecule has 16 heavy (non-hydrogen) atoms. The molecule has 0 aromatic rings. The highest BCUT2D eigenvalue weighted by Gasteiger charge is 2.57. The fraction of sp³-hybridized carbons (Fsp3) is 0.667. The molecule has 5 atom stereocenters. The molecule has 0 aromatic carbocycles. The van der Waals surface area contributed by atoms with Crippen LogP contribution in [-0.2, 0) is 4.79 Å². The van der Waals surface area contributed by atoms with E-state index in [9.17, 15) is 4.79 Å². The van der Waals surface area contributed by atoms with E-state index in [1.54, 1.807) is 0 Å². The molecule has 4 aliphatic rings. The van der Waals surface area contributed by atoms with Crippen molar-refractivity contribution in [2.24, 2.45) is 29.1 Å². The Kier molecular flexibility index (Phi) is 1.66. The Morgan fingerprint density at radius 3 is 3.06 bits per heavy atom. The summed E-state index contributed by atoms with van der Waals surface area (Å²) >= 11 is 0. The summed E-state index contributed by atoms with van der Waals surface area (Å²) in [5.74, 6) is 2.98. The largest absolute Gasteiger partial charge is 0.298 e. The van der Waals surface area contributed by atoms with E-state index < -0.39 is 0 Å². The number of carbonyl (C=O) groups excluding carboxylic acids is 1. The number of Topliss-reactive ketones (excluding diaryl/α,β-unsaturated/α-hetero) is 1. The Hall–Kier alpha value is -0.850. The predicted molar refractivity (Wildman–Crippen MR) is 62.8 cm³/mol. The smallest absolute Gasteiger partial charge is 0.150 e. The molecule has 2 saturated carbocycles. The molecule has 5 unspecified atom stereocenters. The summed E-state index contributed by atoms with van der Waals surface area (Å²) in [6.07, 6.45) is 15.0. The van der Waals surface area contributed by atoms with E-state index in [2.05, 4.69) is 24.3 Å². The van der Waals surface area contributed by atoms with E-state index in [1.807, 2.05) is 0 Å². The van der Waals surface area contributed by atoms with Gasteiger partial charge in [0.2, 0.25) is 0 Å². The molecule has 0 amide bonds. The lowest BCUT2D eigenvalue weighted by molar-refractivity contribution is -0.131. The van der Waals surface area contributed by atoms with Gasteiger partial charge in [-0.05, 0) is 49.9 Å². The minimum atomic E-state index is -0.0540. The molecule has 84 valence electrons. The predicted octanol–water partition coefficient (Wildman–Crippen LogP) is 3.12. The van der Waals surface area contributed by atoms with Gasteiger partial charge in [-0.15, -0.1) is 0 Å². The molecule has 2 bridgehead atoms. The first-order valence-corrected chi connectivity index (χ1v) is 6.70. The lowest BCUT2D eigenvalue weighted by atomic mass is 9.69. The van der Waals surface area contributed by atoms with Crippen molar-refractivity contribution in [1.82, 2.24) is 0 Å². The van der Waals surface area contributed by atoms with Gasteiger partial charge in [-0.1, -0.05) is 24.3 Å². The van der Waals surface area contributed by atoms with Gasteiger partial charge in [0.1, 0.15) is 5.78 Å². The number of hydrogen-bond acceptors (Lipinski definition) is 1. The van der Waals surface area contributed by atoms with E-state index in [-0.39, 0.29) is 11.3 Å². The van der Waals surface area contributed by atoms with Crippen molar-refractivity contribution in [3.63, 3.8) is 0 Å². The first kappa shape index (κ1) is 9.21. The highest BCUT2D eigenvalue weighted by molar-refractivity contribution is 5.92. The molecule has 0 saturated heterocycles. The van der Waals surface area contributed by atoms with Crippen LogP contribution >= 0.6 is 0 Å². The summed E-state index contributed by atoms with van der Waals surface area (Å²) in [5.41, 5.74) is -0.0540. The third kappa shape index (κ3) is 0.996. The zero-order valence-corrected chi connectivity index (χ0v) is 9.56. The maximum Gasteiger partial charge on any atom is 0.150 e. The van der Waals surface area contributed by atoms with E-state index in [1.165, 1.54) is 12.8 Å². The summed E-state index contributed by atoms with van der Waals surface area (Å²) in [5, 5.41) is 0. The Morgan fingerprint density at radius 2 is 2.12 bits per heavy atom. The summed E-state index contributed by atoms with van der Waals surface area (Å²) < 4.78 is 0. The number of allylic oxidation sites excluding steroid dienone is 4. The molecular weight excluding hydrogens is 196 g/mol. The summed E-state index contributed by atoms with van der Waals surface area (Å²) in [6.45, 7) is 0. The van der Waals surface area contributed by atoms with Gasteiger partial charge in [0.05, 0.1) is 5.41 Å². The highest BCUT2D eigenvalue weighted by Crippen LogP contribution is 2.59. The van der Waals surface area contributed by atoms with Crippen LogP contribution in [0.2, 0.25) is 0 Å². The van der Waals surface area contributed by atoms with Gasteiger partial charge in [-0.25, -0.2) is 0 Å². The molecule has 0 N–H and O–H groups in total. The molecule has 2 fully saturated rings. The molecule has 1 spiro atoms. The van der Waals surface area contributed by atoms with Crippen LogP contribution in [0.1, 0.15) is 32.1 Å². The third-order valence-corrected chi connectivity index (χ3v) is 5.46. The average molecular weight is 214 g/mol. The van der Waals surface area contributed by atoms with Gasteiger partial charge < -0.3 is 0 Å². The third-order valence-electron chi connectivity index (χ3n) is 5.46. The number of fused-ring (bicyclic) bond motifs is 3. The van der Waals surface area contributed by atoms with Crippen molar-refractivity contribution in [2.45, 2.75) is 32.1 Å². The van der Waals surface area contributed by atoms with Crippen LogP contribution in [0.5, 0.6) is 0 Å². The normalized spacial score (nSPS) is 52.9. The fourth-order valence-corrected chi connectivity index (χ4v) is 4.38. The highest BCUT2D eigenvalue weighted by atomic mass is 16.1. The van der Waals surface area contributed by atoms with Gasteiger partial charge in [-0.3, -0.25) is 4.79 Å². The number of rotatable bonds is 0. The van der Waals surface area contributed by atoms with E-state index >= 15 is 0 Å². The zero-order chi connectivity index (χ0) is 10.8. The lowest BCUT2D eigenvalue weighted by Gasteiger charge is -2.32. The first-order chi connectivity index (χ1) is 7.81. The second kappa shape index (κ2) is 2.88. The molecule has 0 aliphatic heterocycles. The van der Waals surface area contributed by atoms with Crippen LogP contribution in [0.3, 0.4) is 0 Å². The Labute approximate surface area is 96.6 Å². The Bertz CT molecular complexity index is 406. The summed E-state index contributed by atoms with van der Waals surface area (Å²) in [7, 11) is 0. The van der Waals surface area contributed by atoms with E-state index in [4.69, 9.17) is 0 Å². The van der Waals surface area contributed by atoms with Gasteiger partial charge >= 0.3 is 0 Å². The molecule has 1 nitrogen and oxygen atoms in total. The first-order valence-electron chi connectivity index (χ1n) is 6.70. The van der Waals surface area contributed by atoms with Crippen LogP contribution in [0.15, 0.2) is 24.3 Å². The van der Waals surface area contributed by atoms with Crippen LogP contribution in [0.25, 0.3) is 0 Å². The molecule has 4 rings (SSSR count). The Balaban J connectivity index is 1.84. The molecule has 4 aliphatic carbocycles. The van der Waals surface area contributed by atoms with Gasteiger partial charge in [-0.2, -0.15) is 0 Å². The number of hydrogen-bond donors (Lipinski definition) is 0. The van der Waals surface area contributed by atoms with Crippen molar-refractivity contribution < 1.29 is 4.79 Å². The topological polar surface area (TPSA) is 17.1 Å². The minimum absolute atomic E-state index is 0.0540. The van der Waals surface area contributed by atoms with Crippen LogP contribution in [-0.4, -0.2) is 5.78 Å². The second-order valence-corrected chi connectivity index (χ2v) is 6.13. The SMILES string of the molecule is O=C1C2C=CCC3CC=CC13CCC1CC12. The summed E-state index contributed by atoms with van der Waals surface area (Å²) in [6, 6.07) is 0. The van der Waals surface area contributed by atoms with Crippen molar-refractivity contribution in [3.05, 3.63) is 24.3 Å². The van der Waals surface area contributed by atoms with Crippen LogP contribution in [0.4, 0.5) is 0 Å². The number of ketones is 1. The van der Waals surface area contributed by atoms with E-state index in [0.717, 1.165) is 25.2 Å². The zero-order valence-electron chi connectivity index (χ0n) is 9.56. The molecule has 0 heterocycles. The molecular formula is C15H18O. The van der Waals surface area contributed by atoms with Crippen LogP contribution < -0.4 is 0 Å². The molecule has 1 heteroatoms. The quantitative estimate of drug-likeness (QED) is 0.566. The fourth-order valence-electron chi connectivity index (χ4n) is 4.38. The maximum atomic E-state index is 12.8. The standard InChI is InChI=1S/C15H18O/c16-14-12-5-1-3-11-4-2-7-15(11,14)8-6-10-9-13(10)12/h1-2,5,7,10-13H,3-4,6,8-9H2. The second-order valence-electron chi connectivity index (χ2n) is 6.13. The van der Waals surface area contributed by atoms with Crippen LogP contribution in [0, 0.1) is 29.1 Å². The number of carbonyl (C=O) groups is 1. The summed E-state index contributed by atoms with van der Waals surface area (Å²) in [4.78, 5) is 12.8. The van der Waals surface area contributed by atoms with Gasteiger partial charge in [0.25, 0.3) is 0 Å². The Morgan fingerprint density at radius 1 is 1.25 bits per heavy atom. The van der Waals surface area contributed by atoms with Crippen molar-refractivity contribution in [2.75, 3.05) is 0 Å². The van der Waals surface area contributed by atoms with Crippen molar-refractivity contribution >= 4 is 5.78 Å². The average Bonchev–Trinajstić information content (AvgIpc) is 2.98. The maximum absolute atomic E-state index is 12.8. The van der Waals surface area contributed by atoms with Crippen molar-refractivity contribution in [3.8, 4) is 0 Å².